The van der Waals surface area contributed by atoms with Gasteiger partial charge >= 0.3 is 0 Å². The number of hydrogen-bond donors (Lipinski definition) is 2. The lowest BCUT2D eigenvalue weighted by molar-refractivity contribution is 0.0982. The topological polar surface area (TPSA) is 54.0 Å². The molecular formula is C19H11Cl2N3OS2. The average molecular weight is 432 g/mol. The maximum Gasteiger partial charge on any atom is 0.269 e. The van der Waals surface area contributed by atoms with E-state index in [1.807, 2.05) is 30.3 Å². The second-order valence-corrected chi connectivity index (χ2v) is 7.95. The summed E-state index contributed by atoms with van der Waals surface area (Å²) in [6, 6.07) is 14.8. The van der Waals surface area contributed by atoms with Crippen LogP contribution in [0.3, 0.4) is 0 Å². The Morgan fingerprint density at radius 1 is 1.11 bits per heavy atom. The number of amides is 1. The van der Waals surface area contributed by atoms with Crippen molar-refractivity contribution in [3.8, 4) is 0 Å². The fourth-order valence-corrected chi connectivity index (χ4v) is 4.59. The van der Waals surface area contributed by atoms with Crippen LogP contribution in [0.15, 0.2) is 54.7 Å². The molecule has 0 spiro atoms. The zero-order chi connectivity index (χ0) is 19.0. The molecule has 0 aliphatic carbocycles. The summed E-state index contributed by atoms with van der Waals surface area (Å²) in [7, 11) is 0. The van der Waals surface area contributed by atoms with Gasteiger partial charge in [0.15, 0.2) is 5.11 Å². The zero-order valence-corrected chi connectivity index (χ0v) is 16.8. The highest BCUT2D eigenvalue weighted by Gasteiger charge is 2.18. The summed E-state index contributed by atoms with van der Waals surface area (Å²) in [4.78, 5) is 17.4. The molecule has 134 valence electrons. The van der Waals surface area contributed by atoms with Gasteiger partial charge in [-0.1, -0.05) is 47.5 Å². The smallest absolute Gasteiger partial charge is 0.269 e. The maximum atomic E-state index is 12.6. The van der Waals surface area contributed by atoms with E-state index < -0.39 is 0 Å². The summed E-state index contributed by atoms with van der Waals surface area (Å²) in [5.74, 6) is -0.372. The van der Waals surface area contributed by atoms with E-state index in [0.29, 0.717) is 20.6 Å². The van der Waals surface area contributed by atoms with Gasteiger partial charge in [-0.2, -0.15) is 0 Å². The number of carbonyl (C=O) groups excluding carboxylic acids is 1. The standard InChI is InChI=1S/C19H11Cl2N3OS2/c20-11-6-7-12-14(9-11)27-17(15(12)21)18(25)24-19(26)23-13-5-1-3-10-4-2-8-22-16(10)13/h1-9H,(H2,23,24,25,26). The minimum atomic E-state index is -0.372. The summed E-state index contributed by atoms with van der Waals surface area (Å²) in [6.07, 6.45) is 1.71. The Hall–Kier alpha value is -2.25. The first kappa shape index (κ1) is 18.1. The van der Waals surface area contributed by atoms with Crippen molar-refractivity contribution in [1.29, 1.82) is 0 Å². The molecule has 2 aromatic heterocycles. The van der Waals surface area contributed by atoms with Crippen molar-refractivity contribution in [2.24, 2.45) is 0 Å². The van der Waals surface area contributed by atoms with Crippen molar-refractivity contribution in [2.75, 3.05) is 5.32 Å². The third-order valence-electron chi connectivity index (χ3n) is 3.91. The number of thiocarbonyl (C=S) groups is 1. The third-order valence-corrected chi connectivity index (χ3v) is 6.00. The van der Waals surface area contributed by atoms with Crippen LogP contribution >= 0.6 is 46.8 Å². The van der Waals surface area contributed by atoms with Gasteiger partial charge in [0.05, 0.1) is 16.2 Å². The number of nitrogens with one attached hydrogen (secondary N) is 2. The first-order chi connectivity index (χ1) is 13.0. The number of hydrogen-bond acceptors (Lipinski definition) is 4. The number of aromatic nitrogens is 1. The van der Waals surface area contributed by atoms with Crippen LogP contribution in [-0.2, 0) is 0 Å². The van der Waals surface area contributed by atoms with Crippen molar-refractivity contribution in [3.05, 3.63) is 69.7 Å². The minimum absolute atomic E-state index is 0.171. The van der Waals surface area contributed by atoms with Gasteiger partial charge in [0, 0.05) is 26.7 Å². The number of nitrogens with zero attached hydrogens (tertiary/aromatic N) is 1. The quantitative estimate of drug-likeness (QED) is 0.388. The van der Waals surface area contributed by atoms with Gasteiger partial charge in [-0.15, -0.1) is 11.3 Å². The molecule has 1 amide bonds. The molecule has 4 aromatic rings. The van der Waals surface area contributed by atoms with Crippen molar-refractivity contribution in [3.63, 3.8) is 0 Å². The van der Waals surface area contributed by atoms with Crippen LogP contribution < -0.4 is 10.6 Å². The third kappa shape index (κ3) is 3.61. The lowest BCUT2D eigenvalue weighted by atomic mass is 10.2. The molecule has 0 bridgehead atoms. The number of pyridine rings is 1. The Bertz CT molecular complexity index is 1200. The number of anilines is 1. The Kier molecular flexibility index (Phi) is 4.97. The van der Waals surface area contributed by atoms with Gasteiger partial charge < -0.3 is 5.32 Å². The van der Waals surface area contributed by atoms with Crippen LogP contribution in [0.25, 0.3) is 21.0 Å². The van der Waals surface area contributed by atoms with E-state index >= 15 is 0 Å². The summed E-state index contributed by atoms with van der Waals surface area (Å²) in [5, 5.41) is 8.61. The molecule has 8 heteroatoms. The van der Waals surface area contributed by atoms with Gasteiger partial charge in [0.25, 0.3) is 5.91 Å². The molecule has 0 aliphatic rings. The minimum Gasteiger partial charge on any atom is -0.331 e. The number of para-hydroxylation sites is 1. The SMILES string of the molecule is O=C(NC(=S)Nc1cccc2cccnc12)c1sc2cc(Cl)ccc2c1Cl. The van der Waals surface area contributed by atoms with E-state index in [9.17, 15) is 4.79 Å². The fourth-order valence-electron chi connectivity index (χ4n) is 2.70. The van der Waals surface area contributed by atoms with Crippen molar-refractivity contribution >= 4 is 84.5 Å². The molecular weight excluding hydrogens is 421 g/mol. The number of fused-ring (bicyclic) bond motifs is 2. The van der Waals surface area contributed by atoms with E-state index in [-0.39, 0.29) is 11.0 Å². The maximum absolute atomic E-state index is 12.6. The van der Waals surface area contributed by atoms with E-state index in [1.165, 1.54) is 11.3 Å². The molecule has 2 heterocycles. The number of carbonyl (C=O) groups is 1. The molecule has 27 heavy (non-hydrogen) atoms. The van der Waals surface area contributed by atoms with Gasteiger partial charge in [0.1, 0.15) is 4.88 Å². The lowest BCUT2D eigenvalue weighted by Crippen LogP contribution is -2.33. The Balaban J connectivity index is 1.56. The Morgan fingerprint density at radius 2 is 1.93 bits per heavy atom. The van der Waals surface area contributed by atoms with Crippen LogP contribution in [0.1, 0.15) is 9.67 Å². The van der Waals surface area contributed by atoms with Crippen LogP contribution in [0, 0.1) is 0 Å². The number of thiophene rings is 1. The predicted molar refractivity (Wildman–Crippen MR) is 117 cm³/mol. The molecule has 0 aliphatic heterocycles. The number of benzene rings is 2. The Labute approximate surface area is 174 Å². The Morgan fingerprint density at radius 3 is 2.78 bits per heavy atom. The molecule has 0 unspecified atom stereocenters. The molecule has 0 saturated carbocycles. The molecule has 0 saturated heterocycles. The largest absolute Gasteiger partial charge is 0.331 e. The summed E-state index contributed by atoms with van der Waals surface area (Å²) in [6.45, 7) is 0. The van der Waals surface area contributed by atoms with Crippen molar-refractivity contribution in [2.45, 2.75) is 0 Å². The molecule has 4 nitrogen and oxygen atoms in total. The first-order valence-electron chi connectivity index (χ1n) is 7.86. The summed E-state index contributed by atoms with van der Waals surface area (Å²) >= 11 is 18.9. The van der Waals surface area contributed by atoms with Crippen LogP contribution in [0.4, 0.5) is 5.69 Å². The zero-order valence-electron chi connectivity index (χ0n) is 13.6. The second-order valence-electron chi connectivity index (χ2n) is 5.67. The summed E-state index contributed by atoms with van der Waals surface area (Å²) in [5.41, 5.74) is 1.48. The molecule has 0 radical (unpaired) electrons. The van der Waals surface area contributed by atoms with Gasteiger partial charge in [-0.25, -0.2) is 0 Å². The van der Waals surface area contributed by atoms with E-state index in [4.69, 9.17) is 35.4 Å². The first-order valence-corrected chi connectivity index (χ1v) is 9.84. The second kappa shape index (κ2) is 7.40. The molecule has 0 atom stereocenters. The number of halogens is 2. The predicted octanol–water partition coefficient (Wildman–Crippen LogP) is 5.88. The van der Waals surface area contributed by atoms with Gasteiger partial charge in [-0.05, 0) is 36.5 Å². The summed E-state index contributed by atoms with van der Waals surface area (Å²) < 4.78 is 0.842. The number of rotatable bonds is 2. The highest BCUT2D eigenvalue weighted by atomic mass is 35.5. The average Bonchev–Trinajstić information content (AvgIpc) is 2.98. The van der Waals surface area contributed by atoms with Crippen LogP contribution in [0.5, 0.6) is 0 Å². The van der Waals surface area contributed by atoms with Crippen molar-refractivity contribution < 1.29 is 4.79 Å². The van der Waals surface area contributed by atoms with E-state index in [2.05, 4.69) is 15.6 Å². The van der Waals surface area contributed by atoms with E-state index in [1.54, 1.807) is 24.4 Å². The monoisotopic (exact) mass is 431 g/mol. The lowest BCUT2D eigenvalue weighted by Gasteiger charge is -2.10. The van der Waals surface area contributed by atoms with Gasteiger partial charge in [-0.3, -0.25) is 15.1 Å². The molecule has 2 N–H and O–H groups in total. The van der Waals surface area contributed by atoms with Gasteiger partial charge in [0.2, 0.25) is 0 Å². The molecule has 4 rings (SSSR count). The van der Waals surface area contributed by atoms with Crippen LogP contribution in [-0.4, -0.2) is 16.0 Å². The molecule has 0 fully saturated rings. The molecule has 2 aromatic carbocycles. The fraction of sp³-hybridized carbons (Fsp3) is 0. The van der Waals surface area contributed by atoms with Crippen LogP contribution in [0.2, 0.25) is 10.0 Å². The highest BCUT2D eigenvalue weighted by Crippen LogP contribution is 2.36. The highest BCUT2D eigenvalue weighted by molar-refractivity contribution is 7.80. The van der Waals surface area contributed by atoms with Crippen molar-refractivity contribution in [1.82, 2.24) is 10.3 Å². The normalized spacial score (nSPS) is 10.9. The van der Waals surface area contributed by atoms with E-state index in [0.717, 1.165) is 21.0 Å².